The van der Waals surface area contributed by atoms with Gasteiger partial charge in [0.15, 0.2) is 17.8 Å². The SMILES string of the molecule is C=CC(=O)OCC(C)(C)C(=O)C=O.CC1CCCCN1C.COc1ccc(CCCc2cccc(NC(=O)CCC(=O)OC(C)(C)C)c2)cc1OC.O=CO. The average molecular weight is 771 g/mol. The Balaban J connectivity index is 0.000000987. The molecule has 0 saturated carbocycles. The number of ether oxygens (including phenoxy) is 4. The first-order valence-corrected chi connectivity index (χ1v) is 18.2. The number of carbonyl (C=O) groups excluding carboxylic acids is 5. The van der Waals surface area contributed by atoms with Crippen LogP contribution in [0, 0.1) is 5.41 Å². The molecule has 1 amide bonds. The van der Waals surface area contributed by atoms with Crippen LogP contribution in [0.2, 0.25) is 0 Å². The van der Waals surface area contributed by atoms with Crippen LogP contribution >= 0.6 is 0 Å². The zero-order valence-electron chi connectivity index (χ0n) is 34.1. The van der Waals surface area contributed by atoms with E-state index in [1.165, 1.54) is 45.2 Å². The molecule has 55 heavy (non-hydrogen) atoms. The molecule has 1 fully saturated rings. The highest BCUT2D eigenvalue weighted by Gasteiger charge is 2.28. The van der Waals surface area contributed by atoms with E-state index in [1.54, 1.807) is 14.2 Å². The molecule has 0 bridgehead atoms. The number of rotatable bonds is 15. The third kappa shape index (κ3) is 22.7. The number of aryl methyl sites for hydroxylation is 2. The zero-order valence-corrected chi connectivity index (χ0v) is 34.1. The number of methoxy groups -OCH3 is 2. The molecule has 2 aromatic carbocycles. The highest BCUT2D eigenvalue weighted by atomic mass is 16.6. The van der Waals surface area contributed by atoms with E-state index in [1.807, 2.05) is 63.2 Å². The number of Topliss-reactive ketones (excluding diaryl/α,β-unsaturated/α-hetero) is 1. The number of aldehydes is 1. The summed E-state index contributed by atoms with van der Waals surface area (Å²) >= 11 is 0. The molecular weight excluding hydrogens is 708 g/mol. The molecule has 13 heteroatoms. The lowest BCUT2D eigenvalue weighted by Crippen LogP contribution is -2.33. The van der Waals surface area contributed by atoms with Crippen molar-refractivity contribution in [3.63, 3.8) is 0 Å². The van der Waals surface area contributed by atoms with Gasteiger partial charge in [-0.25, -0.2) is 4.79 Å². The molecule has 0 aliphatic carbocycles. The predicted molar refractivity (Wildman–Crippen MR) is 212 cm³/mol. The van der Waals surface area contributed by atoms with Crippen molar-refractivity contribution in [3.8, 4) is 11.5 Å². The Hall–Kier alpha value is -5.04. The fourth-order valence-corrected chi connectivity index (χ4v) is 4.95. The van der Waals surface area contributed by atoms with Gasteiger partial charge in [-0.05, 0) is 123 Å². The number of amides is 1. The van der Waals surface area contributed by atoms with E-state index < -0.39 is 22.8 Å². The van der Waals surface area contributed by atoms with Gasteiger partial charge >= 0.3 is 11.9 Å². The molecule has 1 saturated heterocycles. The Bertz CT molecular complexity index is 1510. The average Bonchev–Trinajstić information content (AvgIpc) is 3.14. The third-order valence-corrected chi connectivity index (χ3v) is 8.22. The number of piperidine rings is 1. The van der Waals surface area contributed by atoms with Gasteiger partial charge in [0.05, 0.1) is 26.1 Å². The molecular formula is C42H62N2O11. The van der Waals surface area contributed by atoms with Crippen LogP contribution in [0.25, 0.3) is 0 Å². The van der Waals surface area contributed by atoms with Crippen molar-refractivity contribution in [3.05, 3.63) is 66.2 Å². The summed E-state index contributed by atoms with van der Waals surface area (Å²) in [6.07, 6.45) is 8.38. The number of hydrogen-bond donors (Lipinski definition) is 2. The molecule has 0 spiro atoms. The Morgan fingerprint density at radius 1 is 0.927 bits per heavy atom. The van der Waals surface area contributed by atoms with Crippen LogP contribution in [0.4, 0.5) is 5.69 Å². The number of esters is 2. The maximum atomic E-state index is 12.2. The Labute approximate surface area is 326 Å². The molecule has 2 N–H and O–H groups in total. The molecule has 3 rings (SSSR count). The highest BCUT2D eigenvalue weighted by Crippen LogP contribution is 2.28. The minimum Gasteiger partial charge on any atom is -0.493 e. The first-order valence-electron chi connectivity index (χ1n) is 18.2. The van der Waals surface area contributed by atoms with Gasteiger partial charge in [-0.1, -0.05) is 31.2 Å². The van der Waals surface area contributed by atoms with Gasteiger partial charge in [0, 0.05) is 24.2 Å². The van der Waals surface area contributed by atoms with Crippen LogP contribution in [0.1, 0.15) is 91.2 Å². The molecule has 1 aliphatic rings. The maximum absolute atomic E-state index is 12.2. The van der Waals surface area contributed by atoms with Gasteiger partial charge in [-0.15, -0.1) is 0 Å². The number of anilines is 1. The number of hydrogen-bond acceptors (Lipinski definition) is 11. The molecule has 1 atom stereocenters. The van der Waals surface area contributed by atoms with Gasteiger partial charge < -0.3 is 34.3 Å². The molecule has 0 radical (unpaired) electrons. The third-order valence-electron chi connectivity index (χ3n) is 8.22. The monoisotopic (exact) mass is 770 g/mol. The summed E-state index contributed by atoms with van der Waals surface area (Å²) in [5, 5.41) is 9.75. The van der Waals surface area contributed by atoms with Crippen LogP contribution in [-0.2, 0) is 51.1 Å². The Morgan fingerprint density at radius 3 is 2.05 bits per heavy atom. The zero-order chi connectivity index (χ0) is 42.0. The second-order valence-corrected chi connectivity index (χ2v) is 14.5. The van der Waals surface area contributed by atoms with E-state index in [0.29, 0.717) is 0 Å². The van der Waals surface area contributed by atoms with E-state index in [0.717, 1.165) is 54.1 Å². The second-order valence-electron chi connectivity index (χ2n) is 14.5. The summed E-state index contributed by atoms with van der Waals surface area (Å²) in [6.45, 7) is 14.9. The lowest BCUT2D eigenvalue weighted by molar-refractivity contribution is -0.155. The van der Waals surface area contributed by atoms with Crippen molar-refractivity contribution in [1.82, 2.24) is 4.90 Å². The maximum Gasteiger partial charge on any atom is 0.330 e. The van der Waals surface area contributed by atoms with Crippen molar-refractivity contribution in [2.75, 3.05) is 39.7 Å². The quantitative estimate of drug-likeness (QED) is 0.0857. The molecule has 2 aromatic rings. The van der Waals surface area contributed by atoms with Gasteiger partial charge in [-0.2, -0.15) is 0 Å². The summed E-state index contributed by atoms with van der Waals surface area (Å²) in [7, 11) is 5.47. The Morgan fingerprint density at radius 2 is 1.55 bits per heavy atom. The lowest BCUT2D eigenvalue weighted by atomic mass is 9.90. The number of likely N-dealkylation sites (tertiary alicyclic amines) is 1. The molecule has 13 nitrogen and oxygen atoms in total. The van der Waals surface area contributed by atoms with Gasteiger partial charge in [0.2, 0.25) is 11.7 Å². The normalized spacial score (nSPS) is 13.7. The van der Waals surface area contributed by atoms with Crippen molar-refractivity contribution in [1.29, 1.82) is 0 Å². The fourth-order valence-electron chi connectivity index (χ4n) is 4.95. The van der Waals surface area contributed by atoms with Crippen molar-refractivity contribution < 1.29 is 52.8 Å². The van der Waals surface area contributed by atoms with Crippen molar-refractivity contribution in [2.24, 2.45) is 5.41 Å². The van der Waals surface area contributed by atoms with E-state index in [2.05, 4.69) is 35.5 Å². The number of benzene rings is 2. The Kier molecular flexibility index (Phi) is 24.2. The predicted octanol–water partition coefficient (Wildman–Crippen LogP) is 6.64. The van der Waals surface area contributed by atoms with E-state index >= 15 is 0 Å². The molecule has 306 valence electrons. The molecule has 0 aromatic heterocycles. The standard InChI is InChI=1S/C25H33NO5.C9H12O4.C7H15N.CH2O2/c1-25(2,3)31-24(28)15-14-23(27)26-20-11-7-10-18(16-20)8-6-9-19-12-13-21(29-4)22(17-19)30-5;1-4-8(12)13-6-9(2,3)7(11)5-10;1-7-5-3-4-6-8(7)2;2-1-3/h7,10-13,16-17H,6,8-9,14-15H2,1-5H3,(H,26,27);4-5H,1,6H2,2-3H3;7H,3-6H2,1-2H3;1H,(H,2,3). The van der Waals surface area contributed by atoms with E-state index in [9.17, 15) is 24.0 Å². The van der Waals surface area contributed by atoms with Gasteiger partial charge in [0.1, 0.15) is 12.2 Å². The van der Waals surface area contributed by atoms with E-state index in [-0.39, 0.29) is 44.1 Å². The fraction of sp³-hybridized carbons (Fsp3) is 0.524. The highest BCUT2D eigenvalue weighted by molar-refractivity contribution is 6.27. The van der Waals surface area contributed by atoms with Crippen LogP contribution in [-0.4, -0.2) is 92.5 Å². The minimum atomic E-state index is -0.958. The number of nitrogens with one attached hydrogen (secondary N) is 1. The minimum absolute atomic E-state index is 0.0636. The summed E-state index contributed by atoms with van der Waals surface area (Å²) < 4.78 is 20.5. The van der Waals surface area contributed by atoms with Crippen LogP contribution in [0.15, 0.2) is 55.1 Å². The van der Waals surface area contributed by atoms with E-state index in [4.69, 9.17) is 24.1 Å². The molecule has 1 unspecified atom stereocenters. The van der Waals surface area contributed by atoms with Crippen molar-refractivity contribution >= 4 is 42.1 Å². The number of nitrogens with zero attached hydrogens (tertiary/aromatic N) is 1. The molecule has 1 aliphatic heterocycles. The largest absolute Gasteiger partial charge is 0.493 e. The number of ketones is 1. The first-order chi connectivity index (χ1) is 25.9. The number of carboxylic acid groups (broad SMARTS) is 1. The lowest BCUT2D eigenvalue weighted by Gasteiger charge is -2.29. The summed E-state index contributed by atoms with van der Waals surface area (Å²) in [5.74, 6) is -0.312. The summed E-state index contributed by atoms with van der Waals surface area (Å²) in [4.78, 5) is 66.5. The summed E-state index contributed by atoms with van der Waals surface area (Å²) in [5.41, 5.74) is 1.56. The first kappa shape index (κ1) is 50.0. The van der Waals surface area contributed by atoms with Gasteiger partial charge in [0.25, 0.3) is 6.47 Å². The van der Waals surface area contributed by atoms with Crippen LogP contribution in [0.5, 0.6) is 11.5 Å². The van der Waals surface area contributed by atoms with Crippen LogP contribution < -0.4 is 14.8 Å². The summed E-state index contributed by atoms with van der Waals surface area (Å²) in [6, 6.07) is 14.6. The molecule has 1 heterocycles. The van der Waals surface area contributed by atoms with Gasteiger partial charge in [-0.3, -0.25) is 24.0 Å². The smallest absolute Gasteiger partial charge is 0.330 e. The number of carbonyl (C=O) groups is 6. The van der Waals surface area contributed by atoms with Crippen LogP contribution in [0.3, 0.4) is 0 Å². The second kappa shape index (κ2) is 26.7. The van der Waals surface area contributed by atoms with Crippen molar-refractivity contribution in [2.45, 2.75) is 105 Å². The topological polar surface area (TPSA) is 175 Å².